The van der Waals surface area contributed by atoms with Crippen molar-refractivity contribution >= 4 is 15.9 Å². The van der Waals surface area contributed by atoms with Crippen LogP contribution >= 0.6 is 15.9 Å². The third-order valence-corrected chi connectivity index (χ3v) is 2.02. The maximum Gasteiger partial charge on any atom is 0.244 e. The molecular formula is C6H7BrF2N2. The van der Waals surface area contributed by atoms with Gasteiger partial charge in [-0.25, -0.2) is 8.78 Å². The van der Waals surface area contributed by atoms with Crippen LogP contribution in [0.2, 0.25) is 0 Å². The topological polar surface area (TPSA) is 17.8 Å². The average Bonchev–Trinajstić information content (AvgIpc) is 2.18. The molecule has 1 heterocycles. The molecule has 0 saturated heterocycles. The first-order valence-electron chi connectivity index (χ1n) is 3.05. The fourth-order valence-corrected chi connectivity index (χ4v) is 1.32. The van der Waals surface area contributed by atoms with Gasteiger partial charge in [-0.3, -0.25) is 4.68 Å². The van der Waals surface area contributed by atoms with E-state index >= 15 is 0 Å². The van der Waals surface area contributed by atoms with E-state index in [4.69, 9.17) is 0 Å². The summed E-state index contributed by atoms with van der Waals surface area (Å²) in [6, 6.07) is 0. The predicted octanol–water partition coefficient (Wildman–Crippen LogP) is 1.99. The van der Waals surface area contributed by atoms with Gasteiger partial charge in [-0.05, 0) is 15.9 Å². The zero-order valence-electron chi connectivity index (χ0n) is 5.89. The van der Waals surface area contributed by atoms with Gasteiger partial charge < -0.3 is 0 Å². The van der Waals surface area contributed by atoms with Crippen LogP contribution in [0.3, 0.4) is 0 Å². The third kappa shape index (κ3) is 1.99. The molecule has 0 aliphatic heterocycles. The van der Waals surface area contributed by atoms with Crippen molar-refractivity contribution in [2.45, 2.75) is 12.8 Å². The van der Waals surface area contributed by atoms with E-state index in [9.17, 15) is 8.78 Å². The highest BCUT2D eigenvalue weighted by molar-refractivity contribution is 9.10. The Morgan fingerprint density at radius 1 is 1.73 bits per heavy atom. The first-order chi connectivity index (χ1) is 5.11. The van der Waals surface area contributed by atoms with Crippen LogP contribution in [-0.2, 0) is 13.5 Å². The highest BCUT2D eigenvalue weighted by Crippen LogP contribution is 2.17. The summed E-state index contributed by atoms with van der Waals surface area (Å²) < 4.78 is 25.9. The molecule has 0 radical (unpaired) electrons. The maximum atomic E-state index is 11.9. The Hall–Kier alpha value is -0.450. The zero-order chi connectivity index (χ0) is 8.43. The van der Waals surface area contributed by atoms with Crippen molar-refractivity contribution in [2.75, 3.05) is 0 Å². The summed E-state index contributed by atoms with van der Waals surface area (Å²) in [6.07, 6.45) is -1.06. The van der Waals surface area contributed by atoms with E-state index in [0.717, 1.165) is 0 Å². The zero-order valence-corrected chi connectivity index (χ0v) is 7.48. The van der Waals surface area contributed by atoms with Crippen molar-refractivity contribution < 1.29 is 8.78 Å². The highest BCUT2D eigenvalue weighted by atomic mass is 79.9. The lowest BCUT2D eigenvalue weighted by Gasteiger charge is -2.00. The normalized spacial score (nSPS) is 11.0. The number of nitrogens with zero attached hydrogens (tertiary/aromatic N) is 2. The van der Waals surface area contributed by atoms with Crippen LogP contribution in [-0.4, -0.2) is 16.2 Å². The highest BCUT2D eigenvalue weighted by Gasteiger charge is 2.11. The molecule has 0 spiro atoms. The van der Waals surface area contributed by atoms with Crippen LogP contribution in [0, 0.1) is 0 Å². The molecule has 11 heavy (non-hydrogen) atoms. The minimum absolute atomic E-state index is 0.253. The van der Waals surface area contributed by atoms with E-state index in [-0.39, 0.29) is 6.42 Å². The summed E-state index contributed by atoms with van der Waals surface area (Å²) in [5.41, 5.74) is 0.528. The quantitative estimate of drug-likeness (QED) is 0.752. The Balaban J connectivity index is 2.83. The van der Waals surface area contributed by atoms with Crippen molar-refractivity contribution in [1.82, 2.24) is 9.78 Å². The average molecular weight is 225 g/mol. The minimum Gasteiger partial charge on any atom is -0.271 e. The summed E-state index contributed by atoms with van der Waals surface area (Å²) >= 11 is 3.13. The summed E-state index contributed by atoms with van der Waals surface area (Å²) in [5.74, 6) is 0. The van der Waals surface area contributed by atoms with Gasteiger partial charge in [-0.2, -0.15) is 5.10 Å². The van der Waals surface area contributed by atoms with Crippen LogP contribution in [0.4, 0.5) is 8.78 Å². The second-order valence-corrected chi connectivity index (χ2v) is 3.01. The Morgan fingerprint density at radius 3 is 2.73 bits per heavy atom. The van der Waals surface area contributed by atoms with Crippen LogP contribution in [0.1, 0.15) is 5.69 Å². The van der Waals surface area contributed by atoms with Crippen LogP contribution < -0.4 is 0 Å². The fourth-order valence-electron chi connectivity index (χ4n) is 0.812. The number of aromatic nitrogens is 2. The fraction of sp³-hybridized carbons (Fsp3) is 0.500. The lowest BCUT2D eigenvalue weighted by molar-refractivity contribution is 0.146. The first-order valence-corrected chi connectivity index (χ1v) is 3.85. The molecule has 0 aromatic carbocycles. The summed E-state index contributed by atoms with van der Waals surface area (Å²) in [5, 5.41) is 3.81. The van der Waals surface area contributed by atoms with E-state index in [0.29, 0.717) is 10.2 Å². The van der Waals surface area contributed by atoms with Crippen LogP contribution in [0.25, 0.3) is 0 Å². The lowest BCUT2D eigenvalue weighted by atomic mass is 10.3. The van der Waals surface area contributed by atoms with Gasteiger partial charge in [-0.1, -0.05) is 0 Å². The van der Waals surface area contributed by atoms with E-state index < -0.39 is 6.43 Å². The Kier molecular flexibility index (Phi) is 2.59. The number of halogens is 3. The summed E-state index contributed by atoms with van der Waals surface area (Å²) in [4.78, 5) is 0. The van der Waals surface area contributed by atoms with Gasteiger partial charge in [0.05, 0.1) is 22.8 Å². The largest absolute Gasteiger partial charge is 0.271 e. The second kappa shape index (κ2) is 3.30. The van der Waals surface area contributed by atoms with Crippen molar-refractivity contribution in [2.24, 2.45) is 7.05 Å². The molecule has 0 fully saturated rings. The minimum atomic E-state index is -2.32. The van der Waals surface area contributed by atoms with Gasteiger partial charge in [-0.15, -0.1) is 0 Å². The van der Waals surface area contributed by atoms with E-state index in [1.54, 1.807) is 7.05 Å². The molecule has 2 nitrogen and oxygen atoms in total. The number of hydrogen-bond donors (Lipinski definition) is 0. The molecule has 1 aromatic heterocycles. The molecule has 0 saturated carbocycles. The maximum absolute atomic E-state index is 11.9. The van der Waals surface area contributed by atoms with Gasteiger partial charge >= 0.3 is 0 Å². The van der Waals surface area contributed by atoms with Gasteiger partial charge in [0.2, 0.25) is 6.43 Å². The van der Waals surface area contributed by atoms with Crippen molar-refractivity contribution in [3.63, 3.8) is 0 Å². The first kappa shape index (κ1) is 8.64. The molecule has 0 unspecified atom stereocenters. The van der Waals surface area contributed by atoms with Gasteiger partial charge in [0.1, 0.15) is 0 Å². The van der Waals surface area contributed by atoms with Crippen LogP contribution in [0.15, 0.2) is 10.7 Å². The molecule has 0 aliphatic rings. The van der Waals surface area contributed by atoms with E-state index in [1.807, 2.05) is 0 Å². The molecule has 1 rings (SSSR count). The molecule has 0 atom stereocenters. The lowest BCUT2D eigenvalue weighted by Crippen LogP contribution is -2.04. The monoisotopic (exact) mass is 224 g/mol. The van der Waals surface area contributed by atoms with Gasteiger partial charge in [0.15, 0.2) is 0 Å². The Bertz CT molecular complexity index is 227. The molecule has 0 N–H and O–H groups in total. The molecule has 0 aliphatic carbocycles. The van der Waals surface area contributed by atoms with Crippen molar-refractivity contribution in [1.29, 1.82) is 0 Å². The number of rotatable bonds is 2. The van der Waals surface area contributed by atoms with E-state index in [2.05, 4.69) is 21.0 Å². The SMILES string of the molecule is Cn1ncc(Br)c1CC(F)F. The second-order valence-electron chi connectivity index (χ2n) is 2.16. The molecule has 0 bridgehead atoms. The molecular weight excluding hydrogens is 218 g/mol. The number of alkyl halides is 2. The molecule has 62 valence electrons. The predicted molar refractivity (Wildman–Crippen MR) is 40.6 cm³/mol. The van der Waals surface area contributed by atoms with Crippen molar-refractivity contribution in [3.05, 3.63) is 16.4 Å². The molecule has 1 aromatic rings. The third-order valence-electron chi connectivity index (χ3n) is 1.36. The van der Waals surface area contributed by atoms with Crippen molar-refractivity contribution in [3.8, 4) is 0 Å². The number of aryl methyl sites for hydroxylation is 1. The van der Waals surface area contributed by atoms with Gasteiger partial charge in [0.25, 0.3) is 0 Å². The smallest absolute Gasteiger partial charge is 0.244 e. The Morgan fingerprint density at radius 2 is 2.36 bits per heavy atom. The molecule has 5 heteroatoms. The summed E-state index contributed by atoms with van der Waals surface area (Å²) in [7, 11) is 1.64. The molecule has 0 amide bonds. The Labute approximate surface area is 71.3 Å². The van der Waals surface area contributed by atoms with E-state index in [1.165, 1.54) is 10.9 Å². The summed E-state index contributed by atoms with van der Waals surface area (Å²) in [6.45, 7) is 0. The van der Waals surface area contributed by atoms with Crippen LogP contribution in [0.5, 0.6) is 0 Å². The van der Waals surface area contributed by atoms with Gasteiger partial charge in [0, 0.05) is 7.05 Å². The standard InChI is InChI=1S/C6H7BrF2N2/c1-11-5(2-6(8)9)4(7)3-10-11/h3,6H,2H2,1H3. The number of hydrogen-bond acceptors (Lipinski definition) is 1.